The molecule has 6 heteroatoms. The number of halogens is 1. The molecule has 1 aromatic carbocycles. The number of rotatable bonds is 3. The number of hydrogen-bond donors (Lipinski definition) is 2. The van der Waals surface area contributed by atoms with Crippen molar-refractivity contribution in [3.8, 4) is 0 Å². The number of benzene rings is 1. The summed E-state index contributed by atoms with van der Waals surface area (Å²) in [6, 6.07) is 4.54. The quantitative estimate of drug-likeness (QED) is 0.881. The molecule has 1 aliphatic rings. The molecule has 0 aromatic heterocycles. The van der Waals surface area contributed by atoms with Gasteiger partial charge in [-0.05, 0) is 43.5 Å². The summed E-state index contributed by atoms with van der Waals surface area (Å²) in [6.45, 7) is 1.85. The number of sulfonamides is 1. The topological polar surface area (TPSA) is 66.4 Å². The fraction of sp³-hybridized carbons (Fsp3) is 0.538. The van der Waals surface area contributed by atoms with Gasteiger partial charge in [-0.2, -0.15) is 0 Å². The average molecular weight is 348 g/mol. The van der Waals surface area contributed by atoms with Gasteiger partial charge >= 0.3 is 0 Å². The maximum absolute atomic E-state index is 12.3. The fourth-order valence-corrected chi connectivity index (χ4v) is 3.94. The number of nitrogens with one attached hydrogen (secondary N) is 1. The molecule has 0 saturated heterocycles. The van der Waals surface area contributed by atoms with Gasteiger partial charge in [-0.3, -0.25) is 0 Å². The van der Waals surface area contributed by atoms with Gasteiger partial charge in [-0.25, -0.2) is 13.1 Å². The third-order valence-electron chi connectivity index (χ3n) is 3.48. The first kappa shape index (κ1) is 15.0. The van der Waals surface area contributed by atoms with Crippen molar-refractivity contribution in [2.24, 2.45) is 0 Å². The van der Waals surface area contributed by atoms with Crippen molar-refractivity contribution in [1.82, 2.24) is 4.72 Å². The predicted molar refractivity (Wildman–Crippen MR) is 77.5 cm³/mol. The van der Waals surface area contributed by atoms with Crippen molar-refractivity contribution >= 4 is 26.0 Å². The smallest absolute Gasteiger partial charge is 0.240 e. The van der Waals surface area contributed by atoms with Gasteiger partial charge in [0.15, 0.2) is 0 Å². The Balaban J connectivity index is 2.19. The fourth-order valence-electron chi connectivity index (χ4n) is 2.30. The Morgan fingerprint density at radius 3 is 2.63 bits per heavy atom. The Labute approximate surface area is 122 Å². The lowest BCUT2D eigenvalue weighted by Crippen LogP contribution is -2.44. The standard InChI is InChI=1S/C13H18BrNO3S/c1-9-8-10(6-7-11(9)14)19(17,18)15-12-4-2-3-5-13(12)16/h6-8,12-13,15-16H,2-5H2,1H3/t12-,13-/m1/s1. The zero-order valence-corrected chi connectivity index (χ0v) is 13.2. The molecule has 0 amide bonds. The van der Waals surface area contributed by atoms with Crippen molar-refractivity contribution in [3.05, 3.63) is 28.2 Å². The molecule has 0 heterocycles. The molecule has 19 heavy (non-hydrogen) atoms. The molecule has 2 N–H and O–H groups in total. The van der Waals surface area contributed by atoms with Crippen LogP contribution >= 0.6 is 15.9 Å². The van der Waals surface area contributed by atoms with E-state index < -0.39 is 16.1 Å². The number of aryl methyl sites for hydroxylation is 1. The molecule has 1 aromatic rings. The third kappa shape index (κ3) is 3.56. The lowest BCUT2D eigenvalue weighted by Gasteiger charge is -2.28. The minimum Gasteiger partial charge on any atom is -0.391 e. The summed E-state index contributed by atoms with van der Waals surface area (Å²) in [6.07, 6.45) is 2.67. The summed E-state index contributed by atoms with van der Waals surface area (Å²) >= 11 is 3.35. The molecule has 106 valence electrons. The highest BCUT2D eigenvalue weighted by atomic mass is 79.9. The molecule has 0 spiro atoms. The molecule has 2 rings (SSSR count). The van der Waals surface area contributed by atoms with Crippen molar-refractivity contribution < 1.29 is 13.5 Å². The van der Waals surface area contributed by atoms with Crippen molar-refractivity contribution in [2.75, 3.05) is 0 Å². The summed E-state index contributed by atoms with van der Waals surface area (Å²) in [5.41, 5.74) is 0.868. The number of hydrogen-bond acceptors (Lipinski definition) is 3. The van der Waals surface area contributed by atoms with Crippen LogP contribution in [0.15, 0.2) is 27.6 Å². The van der Waals surface area contributed by atoms with E-state index in [-0.39, 0.29) is 10.9 Å². The Bertz CT molecular complexity index is 559. The molecule has 1 fully saturated rings. The van der Waals surface area contributed by atoms with E-state index in [9.17, 15) is 13.5 Å². The van der Waals surface area contributed by atoms with Gasteiger partial charge in [0.1, 0.15) is 0 Å². The Morgan fingerprint density at radius 2 is 2.00 bits per heavy atom. The summed E-state index contributed by atoms with van der Waals surface area (Å²) in [7, 11) is -3.56. The maximum Gasteiger partial charge on any atom is 0.240 e. The largest absolute Gasteiger partial charge is 0.391 e. The second-order valence-corrected chi connectivity index (χ2v) is 7.56. The van der Waals surface area contributed by atoms with Crippen LogP contribution in [-0.2, 0) is 10.0 Å². The van der Waals surface area contributed by atoms with Crippen LogP contribution in [0.25, 0.3) is 0 Å². The van der Waals surface area contributed by atoms with Crippen LogP contribution in [0, 0.1) is 6.92 Å². The van der Waals surface area contributed by atoms with E-state index in [0.29, 0.717) is 12.8 Å². The Hall–Kier alpha value is -0.430. The van der Waals surface area contributed by atoms with Crippen molar-refractivity contribution in [2.45, 2.75) is 49.6 Å². The molecular weight excluding hydrogens is 330 g/mol. The van der Waals surface area contributed by atoms with E-state index in [1.807, 2.05) is 6.92 Å². The molecular formula is C13H18BrNO3S. The molecule has 2 atom stereocenters. The van der Waals surface area contributed by atoms with Gasteiger partial charge in [0.05, 0.1) is 11.0 Å². The highest BCUT2D eigenvalue weighted by Gasteiger charge is 2.28. The van der Waals surface area contributed by atoms with Crippen LogP contribution in [0.3, 0.4) is 0 Å². The normalized spacial score (nSPS) is 24.4. The minimum atomic E-state index is -3.56. The SMILES string of the molecule is Cc1cc(S(=O)(=O)N[C@@H]2CCCC[C@H]2O)ccc1Br. The van der Waals surface area contributed by atoms with Gasteiger partial charge in [-0.15, -0.1) is 0 Å². The van der Waals surface area contributed by atoms with Gasteiger partial charge in [-0.1, -0.05) is 28.8 Å². The van der Waals surface area contributed by atoms with Gasteiger partial charge in [0, 0.05) is 10.5 Å². The van der Waals surface area contributed by atoms with Crippen LogP contribution in [-0.4, -0.2) is 25.7 Å². The summed E-state index contributed by atoms with van der Waals surface area (Å²) in [5.74, 6) is 0. The molecule has 4 nitrogen and oxygen atoms in total. The number of aliphatic hydroxyl groups excluding tert-OH is 1. The Morgan fingerprint density at radius 1 is 1.32 bits per heavy atom. The number of aliphatic hydroxyl groups is 1. The van der Waals surface area contributed by atoms with E-state index in [0.717, 1.165) is 22.9 Å². The van der Waals surface area contributed by atoms with E-state index in [2.05, 4.69) is 20.7 Å². The summed E-state index contributed by atoms with van der Waals surface area (Å²) in [4.78, 5) is 0.242. The summed E-state index contributed by atoms with van der Waals surface area (Å²) < 4.78 is 28.0. The second kappa shape index (κ2) is 5.91. The molecule has 1 aliphatic carbocycles. The molecule has 0 radical (unpaired) electrons. The highest BCUT2D eigenvalue weighted by molar-refractivity contribution is 9.10. The monoisotopic (exact) mass is 347 g/mol. The molecule has 1 saturated carbocycles. The van der Waals surface area contributed by atoms with Crippen LogP contribution in [0.1, 0.15) is 31.2 Å². The van der Waals surface area contributed by atoms with Crippen molar-refractivity contribution in [1.29, 1.82) is 0 Å². The van der Waals surface area contributed by atoms with Crippen LogP contribution < -0.4 is 4.72 Å². The zero-order chi connectivity index (χ0) is 14.0. The van der Waals surface area contributed by atoms with Gasteiger partial charge < -0.3 is 5.11 Å². The molecule has 0 aliphatic heterocycles. The van der Waals surface area contributed by atoms with E-state index >= 15 is 0 Å². The van der Waals surface area contributed by atoms with Crippen LogP contribution in [0.5, 0.6) is 0 Å². The van der Waals surface area contributed by atoms with E-state index in [4.69, 9.17) is 0 Å². The predicted octanol–water partition coefficient (Wildman–Crippen LogP) is 2.34. The van der Waals surface area contributed by atoms with Crippen molar-refractivity contribution in [3.63, 3.8) is 0 Å². The lowest BCUT2D eigenvalue weighted by atomic mass is 9.93. The lowest BCUT2D eigenvalue weighted by molar-refractivity contribution is 0.101. The zero-order valence-electron chi connectivity index (χ0n) is 10.8. The van der Waals surface area contributed by atoms with Crippen LogP contribution in [0.4, 0.5) is 0 Å². The molecule has 0 bridgehead atoms. The van der Waals surface area contributed by atoms with E-state index in [1.165, 1.54) is 0 Å². The highest BCUT2D eigenvalue weighted by Crippen LogP contribution is 2.23. The summed E-state index contributed by atoms with van der Waals surface area (Å²) in [5, 5.41) is 9.84. The molecule has 0 unspecified atom stereocenters. The second-order valence-electron chi connectivity index (χ2n) is 4.99. The van der Waals surface area contributed by atoms with Gasteiger partial charge in [0.2, 0.25) is 10.0 Å². The first-order chi connectivity index (χ1) is 8.90. The van der Waals surface area contributed by atoms with Crippen LogP contribution in [0.2, 0.25) is 0 Å². The first-order valence-corrected chi connectivity index (χ1v) is 8.64. The van der Waals surface area contributed by atoms with E-state index in [1.54, 1.807) is 18.2 Å². The third-order valence-corrected chi connectivity index (χ3v) is 5.85. The average Bonchev–Trinajstić information content (AvgIpc) is 2.35. The Kier molecular flexibility index (Phi) is 4.66. The van der Waals surface area contributed by atoms with Gasteiger partial charge in [0.25, 0.3) is 0 Å². The maximum atomic E-state index is 12.3. The minimum absolute atomic E-state index is 0.242. The first-order valence-electron chi connectivity index (χ1n) is 6.37.